The topological polar surface area (TPSA) is 75.6 Å². The number of hydrogen-bond acceptors (Lipinski definition) is 3. The maximum Gasteiger partial charge on any atom is 0.319 e. The molecule has 2 rings (SSSR count). The van der Waals surface area contributed by atoms with Crippen molar-refractivity contribution in [2.24, 2.45) is 5.41 Å². The molecule has 20 heavy (non-hydrogen) atoms. The molecule has 1 aromatic carbocycles. The van der Waals surface area contributed by atoms with Crippen molar-refractivity contribution in [2.45, 2.75) is 32.2 Å². The molecule has 0 bridgehead atoms. The van der Waals surface area contributed by atoms with E-state index in [0.717, 1.165) is 12.8 Å². The molecule has 0 aliphatic heterocycles. The summed E-state index contributed by atoms with van der Waals surface area (Å²) in [7, 11) is 0. The van der Waals surface area contributed by atoms with Crippen LogP contribution in [-0.2, 0) is 9.59 Å². The summed E-state index contributed by atoms with van der Waals surface area (Å²) in [5.74, 6) is -0.876. The maximum atomic E-state index is 12.1. The van der Waals surface area contributed by atoms with Crippen molar-refractivity contribution in [1.82, 2.24) is 5.32 Å². The second-order valence-corrected chi connectivity index (χ2v) is 5.30. The van der Waals surface area contributed by atoms with Gasteiger partial charge in [-0.1, -0.05) is 18.2 Å². The first-order valence-corrected chi connectivity index (χ1v) is 6.74. The highest BCUT2D eigenvalue weighted by molar-refractivity contribution is 6.01. The molecule has 0 spiro atoms. The van der Waals surface area contributed by atoms with Crippen LogP contribution < -0.4 is 10.1 Å². The zero-order valence-corrected chi connectivity index (χ0v) is 11.5. The van der Waals surface area contributed by atoms with Gasteiger partial charge < -0.3 is 15.2 Å². The Morgan fingerprint density at radius 3 is 2.55 bits per heavy atom. The fraction of sp³-hybridized carbons (Fsp3) is 0.467. The first-order valence-electron chi connectivity index (χ1n) is 6.74. The molecule has 1 aliphatic carbocycles. The van der Waals surface area contributed by atoms with Crippen LogP contribution in [0.25, 0.3) is 0 Å². The zero-order valence-electron chi connectivity index (χ0n) is 11.5. The maximum absolute atomic E-state index is 12.1. The fourth-order valence-electron chi connectivity index (χ4n) is 1.78. The number of carboxylic acid groups (broad SMARTS) is 1. The third-order valence-electron chi connectivity index (χ3n) is 3.50. The van der Waals surface area contributed by atoms with Gasteiger partial charge in [-0.05, 0) is 31.9 Å². The highest BCUT2D eigenvalue weighted by Crippen LogP contribution is 2.26. The summed E-state index contributed by atoms with van der Waals surface area (Å²) in [6, 6.07) is 9.29. The Bertz CT molecular complexity index is 484. The van der Waals surface area contributed by atoms with Gasteiger partial charge in [0.2, 0.25) is 5.91 Å². The molecule has 1 saturated carbocycles. The van der Waals surface area contributed by atoms with Crippen molar-refractivity contribution in [3.63, 3.8) is 0 Å². The van der Waals surface area contributed by atoms with Gasteiger partial charge in [0.25, 0.3) is 0 Å². The lowest BCUT2D eigenvalue weighted by Crippen LogP contribution is -2.46. The molecule has 0 radical (unpaired) electrons. The Labute approximate surface area is 117 Å². The van der Waals surface area contributed by atoms with Crippen LogP contribution in [0.1, 0.15) is 26.2 Å². The molecular weight excluding hydrogens is 258 g/mol. The summed E-state index contributed by atoms with van der Waals surface area (Å²) in [6.07, 6.45) is 2.00. The average Bonchev–Trinajstić information content (AvgIpc) is 3.23. The van der Waals surface area contributed by atoms with Crippen LogP contribution in [0.3, 0.4) is 0 Å². The second kappa shape index (κ2) is 5.94. The minimum Gasteiger partial charge on any atom is -0.494 e. The SMILES string of the molecule is CC(CCOc1ccccc1)(C(=O)O)C(=O)NC1CC1. The minimum absolute atomic E-state index is 0.135. The quantitative estimate of drug-likeness (QED) is 0.745. The number of carbonyl (C=O) groups excluding carboxylic acids is 1. The molecule has 0 heterocycles. The van der Waals surface area contributed by atoms with E-state index in [1.165, 1.54) is 6.92 Å². The predicted octanol–water partition coefficient (Wildman–Crippen LogP) is 1.82. The predicted molar refractivity (Wildman–Crippen MR) is 73.5 cm³/mol. The number of benzene rings is 1. The number of amides is 1. The number of ether oxygens (including phenoxy) is 1. The van der Waals surface area contributed by atoms with E-state index in [1.807, 2.05) is 18.2 Å². The summed E-state index contributed by atoms with van der Waals surface area (Å²) < 4.78 is 5.48. The van der Waals surface area contributed by atoms with Gasteiger partial charge in [-0.25, -0.2) is 0 Å². The molecule has 1 amide bonds. The van der Waals surface area contributed by atoms with E-state index in [-0.39, 0.29) is 19.1 Å². The van der Waals surface area contributed by atoms with Crippen molar-refractivity contribution in [3.8, 4) is 5.75 Å². The lowest BCUT2D eigenvalue weighted by Gasteiger charge is -2.23. The zero-order chi connectivity index (χ0) is 14.6. The smallest absolute Gasteiger partial charge is 0.319 e. The number of rotatable bonds is 7. The number of aliphatic carboxylic acids is 1. The molecule has 1 fully saturated rings. The van der Waals surface area contributed by atoms with Gasteiger partial charge in [0.15, 0.2) is 0 Å². The highest BCUT2D eigenvalue weighted by Gasteiger charge is 2.43. The lowest BCUT2D eigenvalue weighted by molar-refractivity contribution is -0.155. The Morgan fingerprint density at radius 1 is 1.35 bits per heavy atom. The fourth-order valence-corrected chi connectivity index (χ4v) is 1.78. The highest BCUT2D eigenvalue weighted by atomic mass is 16.5. The van der Waals surface area contributed by atoms with E-state index >= 15 is 0 Å². The van der Waals surface area contributed by atoms with Crippen LogP contribution in [0, 0.1) is 5.41 Å². The molecule has 5 nitrogen and oxygen atoms in total. The number of nitrogens with one attached hydrogen (secondary N) is 1. The summed E-state index contributed by atoms with van der Waals surface area (Å²) in [5, 5.41) is 12.1. The van der Waals surface area contributed by atoms with Gasteiger partial charge in [-0.15, -0.1) is 0 Å². The summed E-state index contributed by atoms with van der Waals surface area (Å²) in [4.78, 5) is 23.4. The van der Waals surface area contributed by atoms with Crippen molar-refractivity contribution in [2.75, 3.05) is 6.61 Å². The van der Waals surface area contributed by atoms with Crippen molar-refractivity contribution >= 4 is 11.9 Å². The van der Waals surface area contributed by atoms with E-state index in [4.69, 9.17) is 4.74 Å². The number of para-hydroxylation sites is 1. The number of hydrogen-bond donors (Lipinski definition) is 2. The molecule has 108 valence electrons. The second-order valence-electron chi connectivity index (χ2n) is 5.30. The van der Waals surface area contributed by atoms with E-state index in [2.05, 4.69) is 5.32 Å². The molecule has 0 aromatic heterocycles. The molecule has 1 aromatic rings. The van der Waals surface area contributed by atoms with Gasteiger partial charge in [-0.3, -0.25) is 9.59 Å². The lowest BCUT2D eigenvalue weighted by atomic mass is 9.86. The largest absolute Gasteiger partial charge is 0.494 e. The summed E-state index contributed by atoms with van der Waals surface area (Å²) >= 11 is 0. The first-order chi connectivity index (χ1) is 9.52. The Hall–Kier alpha value is -2.04. The molecule has 1 atom stereocenters. The molecule has 2 N–H and O–H groups in total. The minimum atomic E-state index is -1.45. The Balaban J connectivity index is 1.91. The van der Waals surface area contributed by atoms with Crippen molar-refractivity contribution in [3.05, 3.63) is 30.3 Å². The normalized spacial score (nSPS) is 17.1. The van der Waals surface area contributed by atoms with E-state index in [9.17, 15) is 14.7 Å². The molecule has 1 aliphatic rings. The van der Waals surface area contributed by atoms with Crippen LogP contribution in [0.5, 0.6) is 5.75 Å². The molecular formula is C15H19NO4. The van der Waals surface area contributed by atoms with Crippen molar-refractivity contribution in [1.29, 1.82) is 0 Å². The number of carbonyl (C=O) groups is 2. The van der Waals surface area contributed by atoms with Crippen LogP contribution in [0.4, 0.5) is 0 Å². The Morgan fingerprint density at radius 2 is 2.00 bits per heavy atom. The summed E-state index contributed by atoms with van der Waals surface area (Å²) in [6.45, 7) is 1.63. The van der Waals surface area contributed by atoms with E-state index in [0.29, 0.717) is 5.75 Å². The third-order valence-corrected chi connectivity index (χ3v) is 3.50. The van der Waals surface area contributed by atoms with Gasteiger partial charge in [-0.2, -0.15) is 0 Å². The third kappa shape index (κ3) is 3.50. The average molecular weight is 277 g/mol. The molecule has 1 unspecified atom stereocenters. The van der Waals surface area contributed by atoms with Crippen LogP contribution in [0.15, 0.2) is 30.3 Å². The Kier molecular flexibility index (Phi) is 4.27. The van der Waals surface area contributed by atoms with Crippen LogP contribution >= 0.6 is 0 Å². The summed E-state index contributed by atoms with van der Waals surface area (Å²) in [5.41, 5.74) is -1.45. The van der Waals surface area contributed by atoms with E-state index < -0.39 is 17.3 Å². The standard InChI is InChI=1S/C15H19NO4/c1-15(14(18)19,13(17)16-11-7-8-11)9-10-20-12-5-3-2-4-6-12/h2-6,11H,7-10H2,1H3,(H,16,17)(H,18,19). The monoisotopic (exact) mass is 277 g/mol. The first kappa shape index (κ1) is 14.4. The van der Waals surface area contributed by atoms with Crippen LogP contribution in [0.2, 0.25) is 0 Å². The number of carboxylic acids is 1. The van der Waals surface area contributed by atoms with Gasteiger partial charge in [0, 0.05) is 12.5 Å². The van der Waals surface area contributed by atoms with Gasteiger partial charge in [0.1, 0.15) is 11.2 Å². The molecule has 0 saturated heterocycles. The van der Waals surface area contributed by atoms with Gasteiger partial charge in [0.05, 0.1) is 6.61 Å². The van der Waals surface area contributed by atoms with Crippen molar-refractivity contribution < 1.29 is 19.4 Å². The van der Waals surface area contributed by atoms with Gasteiger partial charge >= 0.3 is 5.97 Å². The van der Waals surface area contributed by atoms with E-state index in [1.54, 1.807) is 12.1 Å². The van der Waals surface area contributed by atoms with Crippen LogP contribution in [-0.4, -0.2) is 29.6 Å². The molecule has 5 heteroatoms.